The van der Waals surface area contributed by atoms with Crippen LogP contribution < -0.4 is 20.3 Å². The van der Waals surface area contributed by atoms with Gasteiger partial charge in [-0.05, 0) is 46.4 Å². The molecule has 0 unspecified atom stereocenters. The molecule has 0 radical (unpaired) electrons. The van der Waals surface area contributed by atoms with E-state index in [1.54, 1.807) is 41.3 Å². The SMILES string of the molecule is COc1cc(OC)c(Cl)c(-c2cc3cnc(Nc4ccccc4)cc3n(Cc3cccc(CC(=O)/C=C/C[N+](C)(C)CC4=C([N+](=O)[O-])N=CC4)c3)c2=O)c1Cl. The Balaban J connectivity index is 1.31. The topological polar surface area (TPSA) is 138 Å². The molecule has 1 N–H and O–H groups in total. The van der Waals surface area contributed by atoms with Crippen molar-refractivity contribution in [3.05, 3.63) is 144 Å². The number of quaternary nitrogens is 1. The van der Waals surface area contributed by atoms with Crippen LogP contribution >= 0.6 is 23.2 Å². The molecule has 0 aliphatic carbocycles. The molecule has 5 aromatic rings. The van der Waals surface area contributed by atoms with Crippen molar-refractivity contribution in [2.45, 2.75) is 19.4 Å². The molecule has 0 atom stereocenters. The van der Waals surface area contributed by atoms with E-state index in [9.17, 15) is 19.7 Å². The number of allylic oxidation sites excluding steroid dienone is 1. The van der Waals surface area contributed by atoms with Crippen LogP contribution in [0.3, 0.4) is 0 Å². The van der Waals surface area contributed by atoms with Crippen LogP contribution in [0, 0.1) is 10.1 Å². The zero-order valence-corrected chi connectivity index (χ0v) is 32.2. The zero-order chi connectivity index (χ0) is 39.3. The second kappa shape index (κ2) is 16.7. The van der Waals surface area contributed by atoms with Crippen LogP contribution in [0.2, 0.25) is 10.0 Å². The second-order valence-corrected chi connectivity index (χ2v) is 14.5. The van der Waals surface area contributed by atoms with Gasteiger partial charge in [-0.25, -0.2) is 4.98 Å². The van der Waals surface area contributed by atoms with Gasteiger partial charge in [-0.15, -0.1) is 0 Å². The van der Waals surface area contributed by atoms with E-state index in [2.05, 4.69) is 15.3 Å². The zero-order valence-electron chi connectivity index (χ0n) is 30.7. The summed E-state index contributed by atoms with van der Waals surface area (Å²) in [5.41, 5.74) is 3.81. The van der Waals surface area contributed by atoms with Crippen LogP contribution in [-0.2, 0) is 17.8 Å². The first-order valence-electron chi connectivity index (χ1n) is 17.3. The maximum absolute atomic E-state index is 14.6. The standard InChI is InChI=1S/C41H38Cl2N6O6/c1-49(2,25-28-15-16-44-40(28)48(52)53)17-9-14-31(50)19-26-10-8-11-27(18-26)24-47-33-21-36(46-30-12-6-5-7-13-30)45-23-29(33)20-32(41(47)51)37-38(42)34(54-3)22-35(55-4)39(37)43/h5-14,16,18,20-23H,15,17,19,24-25H2,1-4H3/p+1/b14-9+. The highest BCUT2D eigenvalue weighted by Gasteiger charge is 2.28. The molecule has 282 valence electrons. The van der Waals surface area contributed by atoms with Crippen LogP contribution in [0.25, 0.3) is 22.0 Å². The first-order valence-corrected chi connectivity index (χ1v) is 18.1. The van der Waals surface area contributed by atoms with Crippen molar-refractivity contribution in [1.29, 1.82) is 0 Å². The van der Waals surface area contributed by atoms with Crippen LogP contribution in [0.1, 0.15) is 17.5 Å². The Morgan fingerprint density at radius 1 is 1.00 bits per heavy atom. The Morgan fingerprint density at radius 3 is 2.40 bits per heavy atom. The number of rotatable bonds is 15. The van der Waals surface area contributed by atoms with E-state index >= 15 is 0 Å². The summed E-state index contributed by atoms with van der Waals surface area (Å²) in [5.74, 6) is 0.932. The molecule has 3 aromatic carbocycles. The highest BCUT2D eigenvalue weighted by Crippen LogP contribution is 2.45. The van der Waals surface area contributed by atoms with Crippen LogP contribution in [-0.4, -0.2) is 72.4 Å². The van der Waals surface area contributed by atoms with Gasteiger partial charge in [-0.2, -0.15) is 0 Å². The fraction of sp³-hybridized carbons (Fsp3) is 0.220. The lowest BCUT2D eigenvalue weighted by Crippen LogP contribution is -2.41. The summed E-state index contributed by atoms with van der Waals surface area (Å²) in [7, 11) is 6.84. The Labute approximate surface area is 327 Å². The number of ketones is 1. The average molecular weight is 783 g/mol. The van der Waals surface area contributed by atoms with E-state index in [-0.39, 0.29) is 51.3 Å². The molecule has 0 spiro atoms. The number of aromatic nitrogens is 2. The monoisotopic (exact) mass is 781 g/mol. The van der Waals surface area contributed by atoms with Gasteiger partial charge in [-0.3, -0.25) is 9.59 Å². The van der Waals surface area contributed by atoms with Crippen molar-refractivity contribution in [2.75, 3.05) is 46.7 Å². The molecule has 2 aromatic heterocycles. The van der Waals surface area contributed by atoms with Crippen molar-refractivity contribution < 1.29 is 23.7 Å². The van der Waals surface area contributed by atoms with Gasteiger partial charge in [0.05, 0.1) is 68.1 Å². The van der Waals surface area contributed by atoms with Gasteiger partial charge in [0.2, 0.25) is 0 Å². The van der Waals surface area contributed by atoms with E-state index in [1.165, 1.54) is 14.2 Å². The number of likely N-dealkylation sites (N-methyl/N-ethyl adjacent to an activating group) is 1. The van der Waals surface area contributed by atoms with E-state index < -0.39 is 4.92 Å². The lowest BCUT2D eigenvalue weighted by atomic mass is 10.0. The summed E-state index contributed by atoms with van der Waals surface area (Å²) < 4.78 is 13.0. The number of benzene rings is 3. The highest BCUT2D eigenvalue weighted by molar-refractivity contribution is 6.41. The van der Waals surface area contributed by atoms with Crippen LogP contribution in [0.5, 0.6) is 11.5 Å². The molecule has 0 saturated carbocycles. The predicted octanol–water partition coefficient (Wildman–Crippen LogP) is 7.89. The summed E-state index contributed by atoms with van der Waals surface area (Å²) in [5, 5.41) is 15.6. The molecule has 1 aliphatic heterocycles. The van der Waals surface area contributed by atoms with Gasteiger partial charge in [0, 0.05) is 47.8 Å². The van der Waals surface area contributed by atoms with Gasteiger partial charge in [0.25, 0.3) is 5.56 Å². The number of pyridine rings is 2. The molecule has 3 heterocycles. The molecule has 0 fully saturated rings. The molecule has 6 rings (SSSR count). The Bertz CT molecular complexity index is 2410. The number of fused-ring (bicyclic) bond motifs is 1. The fourth-order valence-electron chi connectivity index (χ4n) is 6.54. The molecule has 0 amide bonds. The van der Waals surface area contributed by atoms with Crippen molar-refractivity contribution in [1.82, 2.24) is 9.55 Å². The Kier molecular flexibility index (Phi) is 11.8. The fourth-order valence-corrected chi connectivity index (χ4v) is 7.24. The number of nitro groups is 1. The highest BCUT2D eigenvalue weighted by atomic mass is 35.5. The summed E-state index contributed by atoms with van der Waals surface area (Å²) in [6.07, 6.45) is 7.17. The number of hydrogen-bond acceptors (Lipinski definition) is 9. The first-order chi connectivity index (χ1) is 26.4. The number of halogens is 2. The van der Waals surface area contributed by atoms with Gasteiger partial charge in [-0.1, -0.05) is 70.7 Å². The quantitative estimate of drug-likeness (QED) is 0.0490. The van der Waals surface area contributed by atoms with E-state index in [0.29, 0.717) is 57.8 Å². The number of methoxy groups -OCH3 is 2. The third-order valence-corrected chi connectivity index (χ3v) is 9.89. The summed E-state index contributed by atoms with van der Waals surface area (Å²) in [6.45, 7) is 1.09. The molecule has 55 heavy (non-hydrogen) atoms. The van der Waals surface area contributed by atoms with Crippen molar-refractivity contribution in [3.8, 4) is 22.6 Å². The van der Waals surface area contributed by atoms with E-state index in [1.807, 2.05) is 74.8 Å². The molecular weight excluding hydrogens is 743 g/mol. The average Bonchev–Trinajstić information content (AvgIpc) is 3.62. The number of aliphatic imine (C=N–C) groups is 1. The minimum absolute atomic E-state index is 0.0952. The van der Waals surface area contributed by atoms with Crippen molar-refractivity contribution in [2.24, 2.45) is 4.99 Å². The van der Waals surface area contributed by atoms with E-state index in [4.69, 9.17) is 32.7 Å². The predicted molar refractivity (Wildman–Crippen MR) is 217 cm³/mol. The largest absolute Gasteiger partial charge is 0.495 e. The summed E-state index contributed by atoms with van der Waals surface area (Å²) >= 11 is 13.6. The molecule has 1 aliphatic rings. The number of nitrogens with one attached hydrogen (secondary N) is 1. The Hall–Kier alpha value is -5.82. The molecule has 14 heteroatoms. The number of ether oxygens (including phenoxy) is 2. The number of nitrogens with zero attached hydrogens (tertiary/aromatic N) is 5. The smallest absolute Gasteiger partial charge is 0.368 e. The van der Waals surface area contributed by atoms with Crippen molar-refractivity contribution >= 4 is 57.6 Å². The van der Waals surface area contributed by atoms with Gasteiger partial charge >= 0.3 is 5.82 Å². The molecule has 12 nitrogen and oxygen atoms in total. The molecule has 0 saturated heterocycles. The van der Waals surface area contributed by atoms with Crippen LogP contribution in [0.4, 0.5) is 11.5 Å². The number of hydrogen-bond donors (Lipinski definition) is 1. The van der Waals surface area contributed by atoms with Crippen molar-refractivity contribution in [3.63, 3.8) is 0 Å². The third kappa shape index (κ3) is 8.94. The van der Waals surface area contributed by atoms with Gasteiger partial charge in [0.1, 0.15) is 30.1 Å². The molecular formula is C41H39Cl2N6O6+. The van der Waals surface area contributed by atoms with E-state index in [0.717, 1.165) is 16.8 Å². The van der Waals surface area contributed by atoms with Gasteiger partial charge < -0.3 is 34.0 Å². The third-order valence-electron chi connectivity index (χ3n) is 9.14. The lowest BCUT2D eigenvalue weighted by molar-refractivity contribution is -0.880. The lowest BCUT2D eigenvalue weighted by Gasteiger charge is -2.28. The summed E-state index contributed by atoms with van der Waals surface area (Å²) in [6, 6.07) is 22.2. The number of carbonyl (C=O) groups excluding carboxylic acids is 1. The number of anilines is 2. The maximum atomic E-state index is 14.6. The van der Waals surface area contributed by atoms with Crippen LogP contribution in [0.15, 0.2) is 112 Å². The summed E-state index contributed by atoms with van der Waals surface area (Å²) in [4.78, 5) is 47.1. The second-order valence-electron chi connectivity index (χ2n) is 13.7. The minimum Gasteiger partial charge on any atom is -0.495 e. The number of para-hydroxylation sites is 1. The normalized spacial score (nSPS) is 12.8. The maximum Gasteiger partial charge on any atom is 0.368 e. The Morgan fingerprint density at radius 2 is 1.71 bits per heavy atom. The van der Waals surface area contributed by atoms with Gasteiger partial charge in [0.15, 0.2) is 5.78 Å². The minimum atomic E-state index is -0.455. The molecule has 0 bridgehead atoms. The first kappa shape index (κ1) is 38.9. The number of carbonyl (C=O) groups is 1.